The predicted octanol–water partition coefficient (Wildman–Crippen LogP) is 2.67. The van der Waals surface area contributed by atoms with Crippen LogP contribution < -0.4 is 5.32 Å². The van der Waals surface area contributed by atoms with E-state index in [2.05, 4.69) is 5.32 Å². The van der Waals surface area contributed by atoms with E-state index in [4.69, 9.17) is 9.47 Å². The van der Waals surface area contributed by atoms with Crippen molar-refractivity contribution < 1.29 is 19.1 Å². The van der Waals surface area contributed by atoms with Gasteiger partial charge in [-0.15, -0.1) is 0 Å². The Morgan fingerprint density at radius 2 is 1.67 bits per heavy atom. The van der Waals surface area contributed by atoms with E-state index in [9.17, 15) is 9.59 Å². The second kappa shape index (κ2) is 7.78. The van der Waals surface area contributed by atoms with E-state index >= 15 is 0 Å². The molecule has 0 aliphatic heterocycles. The van der Waals surface area contributed by atoms with Crippen molar-refractivity contribution in [1.82, 2.24) is 5.32 Å². The number of carbonyl (C=O) groups is 2. The SMILES string of the molecule is CC[C@H](C)[C@H](NC(=O)CC(C)(C)OC)C(=O)OC(C)(C)C. The van der Waals surface area contributed by atoms with Crippen LogP contribution in [0.15, 0.2) is 0 Å². The summed E-state index contributed by atoms with van der Waals surface area (Å²) < 4.78 is 10.6. The molecule has 2 atom stereocenters. The van der Waals surface area contributed by atoms with E-state index in [-0.39, 0.29) is 24.2 Å². The van der Waals surface area contributed by atoms with Crippen molar-refractivity contribution in [2.24, 2.45) is 5.92 Å². The molecule has 0 saturated heterocycles. The minimum atomic E-state index is -0.630. The maximum atomic E-state index is 12.3. The molecule has 0 aromatic carbocycles. The molecule has 0 aromatic rings. The molecule has 0 bridgehead atoms. The number of carbonyl (C=O) groups excluding carboxylic acids is 2. The molecule has 0 aliphatic carbocycles. The summed E-state index contributed by atoms with van der Waals surface area (Å²) in [5.41, 5.74) is -1.13. The molecule has 5 heteroatoms. The number of rotatable bonds is 7. The van der Waals surface area contributed by atoms with Gasteiger partial charge < -0.3 is 14.8 Å². The van der Waals surface area contributed by atoms with Gasteiger partial charge in [0, 0.05) is 7.11 Å². The van der Waals surface area contributed by atoms with Crippen LogP contribution in [0.1, 0.15) is 61.3 Å². The fraction of sp³-hybridized carbons (Fsp3) is 0.875. The Morgan fingerprint density at radius 3 is 2.05 bits per heavy atom. The second-order valence-electron chi connectivity index (χ2n) is 7.10. The van der Waals surface area contributed by atoms with Crippen molar-refractivity contribution in [3.63, 3.8) is 0 Å². The van der Waals surface area contributed by atoms with Gasteiger partial charge in [0.1, 0.15) is 11.6 Å². The van der Waals surface area contributed by atoms with Gasteiger partial charge in [0.2, 0.25) is 5.91 Å². The van der Waals surface area contributed by atoms with Gasteiger partial charge in [-0.05, 0) is 40.5 Å². The fourth-order valence-electron chi connectivity index (χ4n) is 1.72. The number of ether oxygens (including phenoxy) is 2. The zero-order valence-electron chi connectivity index (χ0n) is 14.7. The number of hydrogen-bond acceptors (Lipinski definition) is 4. The van der Waals surface area contributed by atoms with Gasteiger partial charge in [0.25, 0.3) is 0 Å². The Balaban J connectivity index is 4.86. The van der Waals surface area contributed by atoms with Gasteiger partial charge in [0.15, 0.2) is 0 Å². The van der Waals surface area contributed by atoms with Gasteiger partial charge in [-0.3, -0.25) is 4.79 Å². The number of nitrogens with one attached hydrogen (secondary N) is 1. The molecule has 0 radical (unpaired) electrons. The van der Waals surface area contributed by atoms with Crippen LogP contribution in [-0.2, 0) is 19.1 Å². The normalized spacial score (nSPS) is 15.2. The highest BCUT2D eigenvalue weighted by Gasteiger charge is 2.32. The average molecular weight is 301 g/mol. The first kappa shape index (κ1) is 19.9. The molecular weight excluding hydrogens is 270 g/mol. The quantitative estimate of drug-likeness (QED) is 0.734. The lowest BCUT2D eigenvalue weighted by atomic mass is 9.97. The van der Waals surface area contributed by atoms with E-state index < -0.39 is 17.2 Å². The third-order valence-corrected chi connectivity index (χ3v) is 3.33. The molecule has 0 aliphatic rings. The lowest BCUT2D eigenvalue weighted by Crippen LogP contribution is -2.49. The number of esters is 1. The molecular formula is C16H31NO4. The third-order valence-electron chi connectivity index (χ3n) is 3.33. The lowest BCUT2D eigenvalue weighted by molar-refractivity contribution is -0.160. The van der Waals surface area contributed by atoms with Crippen molar-refractivity contribution in [3.8, 4) is 0 Å². The van der Waals surface area contributed by atoms with Crippen molar-refractivity contribution >= 4 is 11.9 Å². The monoisotopic (exact) mass is 301 g/mol. The molecule has 0 aromatic heterocycles. The van der Waals surface area contributed by atoms with Crippen LogP contribution in [0, 0.1) is 5.92 Å². The summed E-state index contributed by atoms with van der Waals surface area (Å²) in [4.78, 5) is 24.4. The zero-order chi connectivity index (χ0) is 16.8. The van der Waals surface area contributed by atoms with Crippen LogP contribution in [0.5, 0.6) is 0 Å². The Hall–Kier alpha value is -1.10. The first-order valence-corrected chi connectivity index (χ1v) is 7.49. The van der Waals surface area contributed by atoms with Crippen LogP contribution in [0.3, 0.4) is 0 Å². The molecule has 0 rings (SSSR count). The third kappa shape index (κ3) is 8.05. The van der Waals surface area contributed by atoms with Gasteiger partial charge in [-0.25, -0.2) is 4.79 Å². The van der Waals surface area contributed by atoms with Crippen LogP contribution in [0.2, 0.25) is 0 Å². The molecule has 21 heavy (non-hydrogen) atoms. The predicted molar refractivity (Wildman–Crippen MR) is 82.9 cm³/mol. The minimum absolute atomic E-state index is 0.00876. The van der Waals surface area contributed by atoms with Crippen molar-refractivity contribution in [3.05, 3.63) is 0 Å². The summed E-state index contributed by atoms with van der Waals surface area (Å²) in [5.74, 6) is -0.590. The van der Waals surface area contributed by atoms with Crippen LogP contribution >= 0.6 is 0 Å². The van der Waals surface area contributed by atoms with E-state index in [0.717, 1.165) is 6.42 Å². The Bertz CT molecular complexity index is 358. The first-order chi connectivity index (χ1) is 9.41. The molecule has 5 nitrogen and oxygen atoms in total. The van der Waals surface area contributed by atoms with Gasteiger partial charge in [0.05, 0.1) is 12.0 Å². The summed E-state index contributed by atoms with van der Waals surface area (Å²) in [7, 11) is 1.56. The number of hydrogen-bond donors (Lipinski definition) is 1. The summed E-state index contributed by atoms with van der Waals surface area (Å²) in [5, 5.41) is 2.79. The summed E-state index contributed by atoms with van der Waals surface area (Å²) in [6.07, 6.45) is 0.969. The fourth-order valence-corrected chi connectivity index (χ4v) is 1.72. The largest absolute Gasteiger partial charge is 0.458 e. The summed E-state index contributed by atoms with van der Waals surface area (Å²) in [6.45, 7) is 13.0. The zero-order valence-corrected chi connectivity index (χ0v) is 14.7. The Morgan fingerprint density at radius 1 is 1.14 bits per heavy atom. The molecule has 0 spiro atoms. The van der Waals surface area contributed by atoms with E-state index in [1.807, 2.05) is 48.5 Å². The van der Waals surface area contributed by atoms with Crippen LogP contribution in [-0.4, -0.2) is 36.2 Å². The van der Waals surface area contributed by atoms with Crippen molar-refractivity contribution in [2.75, 3.05) is 7.11 Å². The summed E-state index contributed by atoms with van der Waals surface area (Å²) in [6, 6.07) is -0.630. The topological polar surface area (TPSA) is 64.6 Å². The molecule has 1 N–H and O–H groups in total. The minimum Gasteiger partial charge on any atom is -0.458 e. The highest BCUT2D eigenvalue weighted by atomic mass is 16.6. The Labute approximate surface area is 128 Å². The molecule has 0 fully saturated rings. The maximum Gasteiger partial charge on any atom is 0.329 e. The summed E-state index contributed by atoms with van der Waals surface area (Å²) >= 11 is 0. The highest BCUT2D eigenvalue weighted by molar-refractivity contribution is 5.85. The lowest BCUT2D eigenvalue weighted by Gasteiger charge is -2.29. The average Bonchev–Trinajstić information content (AvgIpc) is 2.32. The van der Waals surface area contributed by atoms with E-state index in [1.54, 1.807) is 7.11 Å². The van der Waals surface area contributed by atoms with E-state index in [0.29, 0.717) is 0 Å². The van der Waals surface area contributed by atoms with Gasteiger partial charge >= 0.3 is 5.97 Å². The van der Waals surface area contributed by atoms with Crippen molar-refractivity contribution in [1.29, 1.82) is 0 Å². The molecule has 0 saturated carbocycles. The van der Waals surface area contributed by atoms with E-state index in [1.165, 1.54) is 0 Å². The number of methoxy groups -OCH3 is 1. The molecule has 0 unspecified atom stereocenters. The first-order valence-electron chi connectivity index (χ1n) is 7.49. The standard InChI is InChI=1S/C16H31NO4/c1-9-11(2)13(14(19)21-15(3,4)5)17-12(18)10-16(6,7)20-8/h11,13H,9-10H2,1-8H3,(H,17,18)/t11-,13-/m0/s1. The number of amides is 1. The maximum absolute atomic E-state index is 12.3. The second-order valence-corrected chi connectivity index (χ2v) is 7.10. The van der Waals surface area contributed by atoms with Crippen LogP contribution in [0.4, 0.5) is 0 Å². The Kier molecular flexibility index (Phi) is 7.37. The molecule has 124 valence electrons. The molecule has 1 amide bonds. The van der Waals surface area contributed by atoms with Gasteiger partial charge in [-0.2, -0.15) is 0 Å². The van der Waals surface area contributed by atoms with Gasteiger partial charge in [-0.1, -0.05) is 20.3 Å². The molecule has 0 heterocycles. The highest BCUT2D eigenvalue weighted by Crippen LogP contribution is 2.17. The smallest absolute Gasteiger partial charge is 0.329 e. The van der Waals surface area contributed by atoms with Crippen molar-refractivity contribution in [2.45, 2.75) is 78.6 Å². The van der Waals surface area contributed by atoms with Crippen LogP contribution in [0.25, 0.3) is 0 Å².